The van der Waals surface area contributed by atoms with Crippen molar-refractivity contribution in [3.63, 3.8) is 0 Å². The van der Waals surface area contributed by atoms with Gasteiger partial charge in [0.05, 0.1) is 5.69 Å². The molecule has 0 radical (unpaired) electrons. The number of para-hydroxylation sites is 1. The van der Waals surface area contributed by atoms with Crippen LogP contribution in [0.5, 0.6) is 0 Å². The fourth-order valence-corrected chi connectivity index (χ4v) is 3.70. The summed E-state index contributed by atoms with van der Waals surface area (Å²) < 4.78 is 5.45. The van der Waals surface area contributed by atoms with E-state index in [-0.39, 0.29) is 11.6 Å². The smallest absolute Gasteiger partial charge is 0.360 e. The van der Waals surface area contributed by atoms with Crippen LogP contribution < -0.4 is 16.3 Å². The highest BCUT2D eigenvalue weighted by Gasteiger charge is 2.23. The van der Waals surface area contributed by atoms with Gasteiger partial charge in [0.1, 0.15) is 11.3 Å². The van der Waals surface area contributed by atoms with Crippen LogP contribution in [0.2, 0.25) is 0 Å². The molecule has 0 bridgehead atoms. The van der Waals surface area contributed by atoms with Crippen molar-refractivity contribution in [1.29, 1.82) is 5.41 Å². The first-order chi connectivity index (χ1) is 13.1. The first kappa shape index (κ1) is 15.4. The number of nitrogens with zero attached hydrogens (tertiary/aromatic N) is 1. The van der Waals surface area contributed by atoms with Gasteiger partial charge in [-0.25, -0.2) is 4.79 Å². The molecule has 0 unspecified atom stereocenters. The third-order valence-electron chi connectivity index (χ3n) is 4.87. The molecule has 0 saturated carbocycles. The number of nitrogens with two attached hydrogens (primary N) is 1. The van der Waals surface area contributed by atoms with Crippen LogP contribution in [0.3, 0.4) is 0 Å². The Morgan fingerprint density at radius 1 is 0.926 bits per heavy atom. The van der Waals surface area contributed by atoms with Crippen molar-refractivity contribution >= 4 is 51.2 Å². The highest BCUT2D eigenvalue weighted by atomic mass is 16.4. The quantitative estimate of drug-likeness (QED) is 0.279. The van der Waals surface area contributed by atoms with Gasteiger partial charge in [-0.2, -0.15) is 0 Å². The first-order valence-corrected chi connectivity index (χ1v) is 8.54. The van der Waals surface area contributed by atoms with Crippen LogP contribution in [-0.4, -0.2) is 5.96 Å². The molecule has 130 valence electrons. The molecule has 1 aliphatic rings. The Balaban J connectivity index is 1.80. The number of anilines is 2. The van der Waals surface area contributed by atoms with E-state index in [2.05, 4.69) is 0 Å². The predicted octanol–water partition coefficient (Wildman–Crippen LogP) is 4.46. The Hall–Kier alpha value is -3.86. The zero-order valence-electron chi connectivity index (χ0n) is 14.3. The second-order valence-electron chi connectivity index (χ2n) is 6.45. The molecular weight excluding hydrogens is 338 g/mol. The standard InChI is InChI=1S/C22H15N3O2/c23-22(24)25(18-12-15-4-1-2-7-19(15)27-21(18)26)17-11-9-14-6-3-5-13-8-10-16(17)20(13)14/h1-12H,(H3,23,24). The summed E-state index contributed by atoms with van der Waals surface area (Å²) >= 11 is 0. The molecule has 5 nitrogen and oxygen atoms in total. The van der Waals surface area contributed by atoms with Gasteiger partial charge in [0.15, 0.2) is 5.96 Å². The molecule has 0 saturated heterocycles. The lowest BCUT2D eigenvalue weighted by atomic mass is 10.0. The van der Waals surface area contributed by atoms with Gasteiger partial charge < -0.3 is 10.2 Å². The topological polar surface area (TPSA) is 83.3 Å². The second-order valence-corrected chi connectivity index (χ2v) is 6.45. The number of guanidine groups is 1. The van der Waals surface area contributed by atoms with Crippen LogP contribution in [0, 0.1) is 5.41 Å². The van der Waals surface area contributed by atoms with Crippen LogP contribution >= 0.6 is 0 Å². The average molecular weight is 353 g/mol. The van der Waals surface area contributed by atoms with Crippen molar-refractivity contribution in [3.8, 4) is 0 Å². The Bertz CT molecular complexity index is 1330. The molecule has 0 atom stereocenters. The van der Waals surface area contributed by atoms with E-state index in [4.69, 9.17) is 15.6 Å². The molecule has 5 rings (SSSR count). The fraction of sp³-hybridized carbons (Fsp3) is 0. The van der Waals surface area contributed by atoms with Crippen molar-refractivity contribution in [2.24, 2.45) is 5.73 Å². The van der Waals surface area contributed by atoms with E-state index < -0.39 is 5.63 Å². The van der Waals surface area contributed by atoms with Gasteiger partial charge in [-0.05, 0) is 34.5 Å². The van der Waals surface area contributed by atoms with Gasteiger partial charge >= 0.3 is 5.63 Å². The van der Waals surface area contributed by atoms with Crippen LogP contribution in [0.1, 0.15) is 11.1 Å². The zero-order valence-corrected chi connectivity index (χ0v) is 14.3. The predicted molar refractivity (Wildman–Crippen MR) is 109 cm³/mol. The number of hydrogen-bond donors (Lipinski definition) is 2. The molecule has 5 heteroatoms. The molecule has 0 aliphatic heterocycles. The summed E-state index contributed by atoms with van der Waals surface area (Å²) in [5.74, 6) is -0.244. The largest absolute Gasteiger partial charge is 0.421 e. The molecule has 1 aliphatic carbocycles. The number of nitrogens with one attached hydrogen (secondary N) is 1. The van der Waals surface area contributed by atoms with Crippen molar-refractivity contribution in [1.82, 2.24) is 0 Å². The van der Waals surface area contributed by atoms with Crippen LogP contribution in [0.25, 0.3) is 33.9 Å². The maximum atomic E-state index is 12.7. The lowest BCUT2D eigenvalue weighted by Crippen LogP contribution is -2.35. The zero-order chi connectivity index (χ0) is 18.5. The minimum atomic E-state index is -0.536. The number of benzene rings is 3. The van der Waals surface area contributed by atoms with Crippen LogP contribution in [-0.2, 0) is 0 Å². The van der Waals surface area contributed by atoms with Gasteiger partial charge in [0.25, 0.3) is 0 Å². The van der Waals surface area contributed by atoms with Crippen molar-refractivity contribution in [3.05, 3.63) is 82.2 Å². The van der Waals surface area contributed by atoms with Gasteiger partial charge in [-0.15, -0.1) is 0 Å². The van der Waals surface area contributed by atoms with E-state index in [1.165, 1.54) is 4.90 Å². The second kappa shape index (κ2) is 5.57. The summed E-state index contributed by atoms with van der Waals surface area (Å²) in [5, 5.41) is 11.1. The molecule has 1 aromatic heterocycles. The summed E-state index contributed by atoms with van der Waals surface area (Å²) in [4.78, 5) is 14.1. The highest BCUT2D eigenvalue weighted by molar-refractivity contribution is 6.12. The Kier molecular flexibility index (Phi) is 3.18. The SMILES string of the molecule is N=C(N)N(c1ccc2cccc3c2c1C=C3)c1cc2ccccc2oc1=O. The van der Waals surface area contributed by atoms with E-state index in [1.54, 1.807) is 12.1 Å². The maximum absolute atomic E-state index is 12.7. The van der Waals surface area contributed by atoms with Crippen LogP contribution in [0.15, 0.2) is 69.9 Å². The first-order valence-electron chi connectivity index (χ1n) is 8.54. The molecule has 3 aromatic carbocycles. The van der Waals surface area contributed by atoms with Crippen molar-refractivity contribution in [2.45, 2.75) is 0 Å². The summed E-state index contributed by atoms with van der Waals surface area (Å²) in [7, 11) is 0. The number of rotatable bonds is 2. The van der Waals surface area contributed by atoms with Gasteiger partial charge in [-0.3, -0.25) is 10.3 Å². The minimum absolute atomic E-state index is 0.217. The number of fused-ring (bicyclic) bond motifs is 1. The van der Waals surface area contributed by atoms with Gasteiger partial charge in [0.2, 0.25) is 0 Å². The molecule has 0 fully saturated rings. The van der Waals surface area contributed by atoms with Crippen LogP contribution in [0.4, 0.5) is 11.4 Å². The monoisotopic (exact) mass is 353 g/mol. The Morgan fingerprint density at radius 2 is 1.74 bits per heavy atom. The van der Waals surface area contributed by atoms with E-state index in [0.717, 1.165) is 27.3 Å². The lowest BCUT2D eigenvalue weighted by Gasteiger charge is -2.24. The molecule has 27 heavy (non-hydrogen) atoms. The molecular formula is C22H15N3O2. The molecule has 1 heterocycles. The summed E-state index contributed by atoms with van der Waals surface area (Å²) in [6, 6.07) is 18.9. The molecule has 3 N–H and O–H groups in total. The highest BCUT2D eigenvalue weighted by Crippen LogP contribution is 2.39. The Labute approximate surface area is 154 Å². The third-order valence-corrected chi connectivity index (χ3v) is 4.87. The van der Waals surface area contributed by atoms with E-state index in [1.807, 2.05) is 60.7 Å². The summed E-state index contributed by atoms with van der Waals surface area (Å²) in [5.41, 5.74) is 8.81. The van der Waals surface area contributed by atoms with E-state index >= 15 is 0 Å². The fourth-order valence-electron chi connectivity index (χ4n) is 3.70. The normalized spacial score (nSPS) is 12.0. The van der Waals surface area contributed by atoms with E-state index in [9.17, 15) is 4.79 Å². The summed E-state index contributed by atoms with van der Waals surface area (Å²) in [6.07, 6.45) is 4.02. The van der Waals surface area contributed by atoms with Crippen molar-refractivity contribution < 1.29 is 4.42 Å². The molecule has 4 aromatic rings. The van der Waals surface area contributed by atoms with Gasteiger partial charge in [0, 0.05) is 10.9 Å². The number of hydrogen-bond acceptors (Lipinski definition) is 3. The average Bonchev–Trinajstić information content (AvgIpc) is 3.10. The maximum Gasteiger partial charge on any atom is 0.360 e. The molecule has 0 amide bonds. The van der Waals surface area contributed by atoms with E-state index in [0.29, 0.717) is 11.3 Å². The third kappa shape index (κ3) is 2.25. The summed E-state index contributed by atoms with van der Waals surface area (Å²) in [6.45, 7) is 0. The lowest BCUT2D eigenvalue weighted by molar-refractivity contribution is 0.562. The molecule has 0 spiro atoms. The Morgan fingerprint density at radius 3 is 2.59 bits per heavy atom. The minimum Gasteiger partial charge on any atom is -0.421 e. The van der Waals surface area contributed by atoms with Gasteiger partial charge in [-0.1, -0.05) is 54.6 Å². The van der Waals surface area contributed by atoms with Crippen molar-refractivity contribution in [2.75, 3.05) is 4.90 Å².